The molecule has 0 bridgehead atoms. The van der Waals surface area contributed by atoms with Gasteiger partial charge in [-0.05, 0) is 12.8 Å². The van der Waals surface area contributed by atoms with Crippen molar-refractivity contribution in [2.45, 2.75) is 37.1 Å². The van der Waals surface area contributed by atoms with Crippen LogP contribution in [0.4, 0.5) is 0 Å². The summed E-state index contributed by atoms with van der Waals surface area (Å²) in [4.78, 5) is 4.10. The third kappa shape index (κ3) is 1.76. The van der Waals surface area contributed by atoms with E-state index in [2.05, 4.69) is 4.99 Å². The molecule has 2 rings (SSSR count). The highest BCUT2D eigenvalue weighted by Gasteiger charge is 2.65. The zero-order valence-electron chi connectivity index (χ0n) is 11.3. The quantitative estimate of drug-likeness (QED) is 0.695. The van der Waals surface area contributed by atoms with E-state index in [0.29, 0.717) is 12.8 Å². The third-order valence-corrected chi connectivity index (χ3v) is 5.66. The Hall–Kier alpha value is -0.900. The van der Waals surface area contributed by atoms with Crippen molar-refractivity contribution in [1.29, 1.82) is 0 Å². The summed E-state index contributed by atoms with van der Waals surface area (Å²) >= 11 is 0. The summed E-state index contributed by atoms with van der Waals surface area (Å²) in [5.41, 5.74) is 2.67. The van der Waals surface area contributed by atoms with Crippen LogP contribution in [0, 0.1) is 0 Å². The second-order valence-electron chi connectivity index (χ2n) is 5.04. The van der Waals surface area contributed by atoms with Gasteiger partial charge in [-0.1, -0.05) is 0 Å². The highest BCUT2D eigenvalue weighted by molar-refractivity contribution is 7.87. The maximum atomic E-state index is 12.3. The Morgan fingerprint density at radius 2 is 2.00 bits per heavy atom. The molecule has 3 N–H and O–H groups in total. The smallest absolute Gasteiger partial charge is 0.308 e. The van der Waals surface area contributed by atoms with E-state index in [1.807, 2.05) is 0 Å². The lowest BCUT2D eigenvalue weighted by Gasteiger charge is -2.46. The van der Waals surface area contributed by atoms with E-state index >= 15 is 0 Å². The molecule has 1 saturated carbocycles. The van der Waals surface area contributed by atoms with Gasteiger partial charge in [0.05, 0.1) is 0 Å². The molecule has 0 saturated heterocycles. The van der Waals surface area contributed by atoms with E-state index in [1.165, 1.54) is 21.2 Å². The maximum absolute atomic E-state index is 12.3. The van der Waals surface area contributed by atoms with Crippen molar-refractivity contribution in [3.8, 4) is 0 Å². The van der Waals surface area contributed by atoms with Crippen LogP contribution in [0.2, 0.25) is 0 Å². The van der Waals surface area contributed by atoms with Gasteiger partial charge in [0, 0.05) is 34.0 Å². The minimum atomic E-state index is -3.92. The zero-order valence-corrected chi connectivity index (χ0v) is 12.1. The van der Waals surface area contributed by atoms with Crippen LogP contribution in [-0.4, -0.2) is 60.7 Å². The molecular formula is C10H20N4O4S. The van der Waals surface area contributed by atoms with E-state index in [4.69, 9.17) is 10.5 Å². The first-order valence-electron chi connectivity index (χ1n) is 6.07. The Balaban J connectivity index is 2.56. The number of rotatable bonds is 3. The first kappa shape index (κ1) is 14.5. The van der Waals surface area contributed by atoms with Crippen LogP contribution >= 0.6 is 0 Å². The van der Waals surface area contributed by atoms with Gasteiger partial charge in [0.25, 0.3) is 0 Å². The van der Waals surface area contributed by atoms with Crippen molar-refractivity contribution in [3.63, 3.8) is 0 Å². The van der Waals surface area contributed by atoms with Gasteiger partial charge in [-0.15, -0.1) is 0 Å². The average molecular weight is 292 g/mol. The van der Waals surface area contributed by atoms with Gasteiger partial charge in [0.1, 0.15) is 0 Å². The fourth-order valence-corrected chi connectivity index (χ4v) is 3.96. The topological polar surface area (TPSA) is 108 Å². The molecule has 1 heterocycles. The second kappa shape index (κ2) is 4.30. The summed E-state index contributed by atoms with van der Waals surface area (Å²) in [6, 6.07) is 0. The van der Waals surface area contributed by atoms with Crippen LogP contribution in [0.1, 0.15) is 25.7 Å². The normalized spacial score (nSPS) is 35.4. The number of guanidine groups is 1. The summed E-state index contributed by atoms with van der Waals surface area (Å²) in [6.07, 6.45) is 2.14. The molecule has 110 valence electrons. The summed E-state index contributed by atoms with van der Waals surface area (Å²) in [7, 11) is 0.233. The maximum Gasteiger partial charge on any atom is 0.308 e. The van der Waals surface area contributed by atoms with Gasteiger partial charge in [-0.2, -0.15) is 17.0 Å². The van der Waals surface area contributed by atoms with Gasteiger partial charge >= 0.3 is 10.2 Å². The standard InChI is InChI=1S/C10H20N4O4S/c1-13(2)19(16,17)14-8(11)12-9(18-3)6-4-5-7-10(9,14)15/h15H,4-7H2,1-3H3,(H2,11,12)/t9-,10-/m1/s1. The summed E-state index contributed by atoms with van der Waals surface area (Å²) < 4.78 is 31.8. The molecule has 19 heavy (non-hydrogen) atoms. The van der Waals surface area contributed by atoms with E-state index in [9.17, 15) is 13.5 Å². The molecule has 1 aliphatic carbocycles. The van der Waals surface area contributed by atoms with Crippen molar-refractivity contribution in [3.05, 3.63) is 0 Å². The largest absolute Gasteiger partial charge is 0.369 e. The van der Waals surface area contributed by atoms with Crippen LogP contribution < -0.4 is 5.73 Å². The average Bonchev–Trinajstić information content (AvgIpc) is 2.56. The minimum absolute atomic E-state index is 0.234. The Kier molecular flexibility index (Phi) is 3.28. The lowest BCUT2D eigenvalue weighted by atomic mass is 9.84. The molecule has 0 aromatic heterocycles. The lowest BCUT2D eigenvalue weighted by Crippen LogP contribution is -2.65. The number of fused-ring (bicyclic) bond motifs is 1. The van der Waals surface area contributed by atoms with Crippen LogP contribution in [0.25, 0.3) is 0 Å². The first-order chi connectivity index (χ1) is 8.71. The molecule has 0 unspecified atom stereocenters. The molecular weight excluding hydrogens is 272 g/mol. The number of ether oxygens (including phenoxy) is 1. The Bertz CT molecular complexity index is 506. The molecule has 1 fully saturated rings. The predicted molar refractivity (Wildman–Crippen MR) is 69.2 cm³/mol. The van der Waals surface area contributed by atoms with Crippen molar-refractivity contribution in [2.24, 2.45) is 10.7 Å². The Morgan fingerprint density at radius 1 is 1.42 bits per heavy atom. The van der Waals surface area contributed by atoms with Crippen molar-refractivity contribution in [1.82, 2.24) is 8.61 Å². The van der Waals surface area contributed by atoms with Crippen molar-refractivity contribution < 1.29 is 18.3 Å². The third-order valence-electron chi connectivity index (χ3n) is 3.79. The lowest BCUT2D eigenvalue weighted by molar-refractivity contribution is -0.209. The first-order valence-corrected chi connectivity index (χ1v) is 7.47. The fraction of sp³-hybridized carbons (Fsp3) is 0.900. The molecule has 2 aliphatic rings. The van der Waals surface area contributed by atoms with E-state index < -0.39 is 21.7 Å². The number of hydrogen-bond acceptors (Lipinski definition) is 6. The number of aliphatic hydroxyl groups is 1. The van der Waals surface area contributed by atoms with Crippen LogP contribution in [0.3, 0.4) is 0 Å². The summed E-state index contributed by atoms with van der Waals surface area (Å²) in [5, 5.41) is 10.9. The number of nitrogens with two attached hydrogens (primary N) is 1. The van der Waals surface area contributed by atoms with Gasteiger partial charge in [0.15, 0.2) is 0 Å². The van der Waals surface area contributed by atoms with E-state index in [-0.39, 0.29) is 12.4 Å². The molecule has 0 aromatic rings. The van der Waals surface area contributed by atoms with E-state index in [1.54, 1.807) is 0 Å². The number of hydrogen-bond donors (Lipinski definition) is 2. The molecule has 0 amide bonds. The highest BCUT2D eigenvalue weighted by Crippen LogP contribution is 2.47. The Labute approximate surface area is 113 Å². The molecule has 8 nitrogen and oxygen atoms in total. The summed E-state index contributed by atoms with van der Waals surface area (Å²) in [6.45, 7) is 0. The molecule has 2 atom stereocenters. The minimum Gasteiger partial charge on any atom is -0.369 e. The van der Waals surface area contributed by atoms with Crippen LogP contribution in [0.15, 0.2) is 4.99 Å². The van der Waals surface area contributed by atoms with Gasteiger partial charge in [-0.25, -0.2) is 4.99 Å². The van der Waals surface area contributed by atoms with Gasteiger partial charge in [0.2, 0.25) is 17.4 Å². The zero-order chi connectivity index (χ0) is 14.5. The van der Waals surface area contributed by atoms with Crippen LogP contribution in [-0.2, 0) is 14.9 Å². The fourth-order valence-electron chi connectivity index (χ4n) is 2.74. The Morgan fingerprint density at radius 3 is 2.53 bits per heavy atom. The van der Waals surface area contributed by atoms with Crippen molar-refractivity contribution >= 4 is 16.2 Å². The summed E-state index contributed by atoms with van der Waals surface area (Å²) in [5.74, 6) is -0.236. The molecule has 0 radical (unpaired) electrons. The number of aliphatic imine (C=N–C) groups is 1. The molecule has 9 heteroatoms. The van der Waals surface area contributed by atoms with E-state index in [0.717, 1.165) is 15.0 Å². The molecule has 0 aromatic carbocycles. The molecule has 1 aliphatic heterocycles. The molecule has 0 spiro atoms. The number of methoxy groups -OCH3 is 1. The highest BCUT2D eigenvalue weighted by atomic mass is 32.2. The predicted octanol–water partition coefficient (Wildman–Crippen LogP) is -0.972. The second-order valence-corrected chi connectivity index (χ2v) is 7.03. The van der Waals surface area contributed by atoms with Gasteiger partial charge < -0.3 is 15.6 Å². The van der Waals surface area contributed by atoms with Gasteiger partial charge in [-0.3, -0.25) is 0 Å². The SMILES string of the molecule is CO[C@]12CCCC[C@]1(O)N(S(=O)(=O)N(C)C)C(N)=N2. The van der Waals surface area contributed by atoms with Crippen LogP contribution in [0.5, 0.6) is 0 Å². The monoisotopic (exact) mass is 292 g/mol. The number of nitrogens with zero attached hydrogens (tertiary/aromatic N) is 3. The van der Waals surface area contributed by atoms with Crippen molar-refractivity contribution in [2.75, 3.05) is 21.2 Å².